The number of hydrogen-bond acceptors (Lipinski definition) is 7. The van der Waals surface area contributed by atoms with Crippen molar-refractivity contribution in [2.45, 2.75) is 64.5 Å². The summed E-state index contributed by atoms with van der Waals surface area (Å²) in [5.41, 5.74) is 4.33. The van der Waals surface area contributed by atoms with E-state index in [0.29, 0.717) is 25.9 Å². The first kappa shape index (κ1) is 30.8. The Morgan fingerprint density at radius 2 is 1.56 bits per heavy atom. The molecule has 0 aromatic carbocycles. The van der Waals surface area contributed by atoms with E-state index in [0.717, 1.165) is 19.3 Å². The zero-order valence-electron chi connectivity index (χ0n) is 21.0. The molecule has 0 saturated heterocycles. The monoisotopic (exact) mass is 504 g/mol. The molecule has 0 aromatic rings. The number of carbonyl (C=O) groups excluding carboxylic acids is 6. The first-order valence-electron chi connectivity index (χ1n) is 12.2. The zero-order valence-corrected chi connectivity index (χ0v) is 21.0. The average molecular weight is 504 g/mol. The summed E-state index contributed by atoms with van der Waals surface area (Å²) in [6, 6.07) is -2.15. The molecule has 0 aliphatic carbocycles. The molecule has 198 valence electrons. The van der Waals surface area contributed by atoms with Crippen molar-refractivity contribution < 1.29 is 28.8 Å². The highest BCUT2D eigenvalue weighted by Gasteiger charge is 2.27. The number of imide groups is 1. The second kappa shape index (κ2) is 16.5. The molecule has 1 aliphatic rings. The fourth-order valence-electron chi connectivity index (χ4n) is 3.63. The van der Waals surface area contributed by atoms with Crippen molar-refractivity contribution in [2.75, 3.05) is 26.2 Å². The van der Waals surface area contributed by atoms with Gasteiger partial charge in [-0.1, -0.05) is 26.7 Å². The van der Waals surface area contributed by atoms with Crippen molar-refractivity contribution >= 4 is 43.2 Å². The molecule has 1 rings (SSSR count). The van der Waals surface area contributed by atoms with Gasteiger partial charge in [-0.2, -0.15) is 0 Å². The molecule has 1 unspecified atom stereocenters. The predicted molar refractivity (Wildman–Crippen MR) is 133 cm³/mol. The van der Waals surface area contributed by atoms with E-state index < -0.39 is 29.7 Å². The lowest BCUT2D eigenvalue weighted by Crippen LogP contribution is -2.55. The largest absolute Gasteiger partial charge is 0.352 e. The van der Waals surface area contributed by atoms with Gasteiger partial charge in [0.2, 0.25) is 11.8 Å². The van der Waals surface area contributed by atoms with E-state index >= 15 is 0 Å². The summed E-state index contributed by atoms with van der Waals surface area (Å²) < 4.78 is 0. The van der Waals surface area contributed by atoms with Gasteiger partial charge >= 0.3 is 6.03 Å². The summed E-state index contributed by atoms with van der Waals surface area (Å²) in [5, 5.41) is 10.8. The van der Waals surface area contributed by atoms with Gasteiger partial charge in [-0.3, -0.25) is 24.1 Å². The minimum Gasteiger partial charge on any atom is -0.352 e. The number of nitrogens with zero attached hydrogens (tertiary/aromatic N) is 1. The molecule has 6 N–H and O–H groups in total. The van der Waals surface area contributed by atoms with E-state index in [-0.39, 0.29) is 43.1 Å². The highest BCUT2D eigenvalue weighted by molar-refractivity contribution is 6.58. The minimum atomic E-state index is -0.917. The van der Waals surface area contributed by atoms with Gasteiger partial charge in [0.15, 0.2) is 7.85 Å². The molecule has 0 saturated carbocycles. The number of unbranched alkanes of at least 4 members (excludes halogenated alkanes) is 3. The third-order valence-electron chi connectivity index (χ3n) is 5.56. The van der Waals surface area contributed by atoms with Crippen molar-refractivity contribution in [2.24, 2.45) is 11.7 Å². The van der Waals surface area contributed by atoms with Crippen LogP contribution >= 0.6 is 0 Å². The van der Waals surface area contributed by atoms with Crippen LogP contribution in [-0.2, 0) is 24.0 Å². The standard InChI is InChI=1S/C23H37BN6O6/c1-15(2)20(26-11-5-3-4-6-13-30-18(32)9-10-19(30)33)22(35)29-16(8-7-12-27-23(25)36)21(34)28-14-17(24)31/h9-10,15-16,20,26H,3-8,11-14H2,1-2H3,(H,28,34)(H,29,35)(H3,25,27,36)/t16-,20?/m0/s1. The normalized spacial score (nSPS) is 14.6. The fourth-order valence-corrected chi connectivity index (χ4v) is 3.63. The highest BCUT2D eigenvalue weighted by Crippen LogP contribution is 2.09. The van der Waals surface area contributed by atoms with E-state index in [2.05, 4.69) is 21.3 Å². The molecule has 0 fully saturated rings. The Morgan fingerprint density at radius 1 is 0.917 bits per heavy atom. The van der Waals surface area contributed by atoms with Gasteiger partial charge in [0.1, 0.15) is 6.04 Å². The summed E-state index contributed by atoms with van der Waals surface area (Å²) in [7, 11) is 5.08. The topological polar surface area (TPSA) is 180 Å². The first-order chi connectivity index (χ1) is 17.0. The molecule has 2 atom stereocenters. The Morgan fingerprint density at radius 3 is 2.14 bits per heavy atom. The van der Waals surface area contributed by atoms with E-state index in [1.807, 2.05) is 13.8 Å². The maximum atomic E-state index is 12.9. The Hall–Kier alpha value is -3.22. The smallest absolute Gasteiger partial charge is 0.312 e. The number of hydrogen-bond donors (Lipinski definition) is 5. The van der Waals surface area contributed by atoms with Gasteiger partial charge < -0.3 is 31.8 Å². The summed E-state index contributed by atoms with van der Waals surface area (Å²) in [6.07, 6.45) is 6.33. The van der Waals surface area contributed by atoms with Crippen molar-refractivity contribution in [3.05, 3.63) is 12.2 Å². The number of primary amides is 1. The van der Waals surface area contributed by atoms with Crippen LogP contribution in [0.25, 0.3) is 0 Å². The number of rotatable bonds is 18. The molecular weight excluding hydrogens is 467 g/mol. The van der Waals surface area contributed by atoms with E-state index in [4.69, 9.17) is 13.6 Å². The van der Waals surface area contributed by atoms with Gasteiger partial charge in [0, 0.05) is 25.2 Å². The quantitative estimate of drug-likeness (QED) is 0.0886. The van der Waals surface area contributed by atoms with Crippen LogP contribution in [0, 0.1) is 5.92 Å². The lowest BCUT2D eigenvalue weighted by atomic mass is 10.0. The maximum absolute atomic E-state index is 12.9. The van der Waals surface area contributed by atoms with Crippen molar-refractivity contribution in [3.63, 3.8) is 0 Å². The van der Waals surface area contributed by atoms with Crippen molar-refractivity contribution in [1.29, 1.82) is 0 Å². The van der Waals surface area contributed by atoms with E-state index in [1.165, 1.54) is 17.1 Å². The lowest BCUT2D eigenvalue weighted by molar-refractivity contribution is -0.137. The molecule has 12 nitrogen and oxygen atoms in total. The maximum Gasteiger partial charge on any atom is 0.312 e. The highest BCUT2D eigenvalue weighted by atomic mass is 16.2. The van der Waals surface area contributed by atoms with Crippen LogP contribution in [0.3, 0.4) is 0 Å². The third-order valence-corrected chi connectivity index (χ3v) is 5.56. The predicted octanol–water partition coefficient (Wildman–Crippen LogP) is -1.17. The van der Waals surface area contributed by atoms with E-state index in [1.54, 1.807) is 0 Å². The Labute approximate surface area is 212 Å². The van der Waals surface area contributed by atoms with Gasteiger partial charge in [0.25, 0.3) is 11.8 Å². The molecule has 0 aromatic heterocycles. The van der Waals surface area contributed by atoms with Gasteiger partial charge in [0.05, 0.1) is 18.3 Å². The van der Waals surface area contributed by atoms with Crippen LogP contribution < -0.4 is 27.0 Å². The van der Waals surface area contributed by atoms with Crippen LogP contribution in [0.4, 0.5) is 4.79 Å². The zero-order chi connectivity index (χ0) is 27.1. The van der Waals surface area contributed by atoms with Crippen LogP contribution in [0.5, 0.6) is 0 Å². The second-order valence-electron chi connectivity index (χ2n) is 8.93. The number of nitrogens with two attached hydrogens (primary N) is 1. The average Bonchev–Trinajstić information content (AvgIpc) is 3.12. The SMILES string of the molecule is [B]C(=O)CNC(=O)[C@H](CCCNC(N)=O)NC(=O)C(NCCCCCCN1C(=O)C=CC1=O)C(C)C. The lowest BCUT2D eigenvalue weighted by Gasteiger charge is -2.25. The third kappa shape index (κ3) is 12.0. The summed E-state index contributed by atoms with van der Waals surface area (Å²) in [5.74, 6) is -1.52. The molecule has 1 heterocycles. The molecule has 0 bridgehead atoms. The molecule has 36 heavy (non-hydrogen) atoms. The summed E-state index contributed by atoms with van der Waals surface area (Å²) >= 11 is 0. The van der Waals surface area contributed by atoms with Gasteiger partial charge in [-0.15, -0.1) is 0 Å². The van der Waals surface area contributed by atoms with E-state index in [9.17, 15) is 28.8 Å². The molecule has 1 aliphatic heterocycles. The fraction of sp³-hybridized carbons (Fsp3) is 0.652. The van der Waals surface area contributed by atoms with Crippen molar-refractivity contribution in [1.82, 2.24) is 26.2 Å². The minimum absolute atomic E-state index is 0.0597. The first-order valence-corrected chi connectivity index (χ1v) is 12.2. The molecular formula is C23H37BN6O6. The molecule has 2 radical (unpaired) electrons. The number of carbonyl (C=O) groups is 6. The Bertz CT molecular complexity index is 816. The Balaban J connectivity index is 2.48. The molecule has 6 amide bonds. The van der Waals surface area contributed by atoms with Crippen molar-refractivity contribution in [3.8, 4) is 0 Å². The van der Waals surface area contributed by atoms with Crippen LogP contribution in [0.2, 0.25) is 0 Å². The van der Waals surface area contributed by atoms with Crippen LogP contribution in [0.1, 0.15) is 52.4 Å². The molecule has 0 spiro atoms. The summed E-state index contributed by atoms with van der Waals surface area (Å²) in [4.78, 5) is 71.6. The van der Waals surface area contributed by atoms with Crippen LogP contribution in [0.15, 0.2) is 12.2 Å². The molecule has 13 heteroatoms. The number of nitrogens with one attached hydrogen (secondary N) is 4. The second-order valence-corrected chi connectivity index (χ2v) is 8.93. The summed E-state index contributed by atoms with van der Waals surface area (Å²) in [6.45, 7) is 4.60. The van der Waals surface area contributed by atoms with Crippen LogP contribution in [-0.4, -0.2) is 86.4 Å². The van der Waals surface area contributed by atoms with Gasteiger partial charge in [-0.25, -0.2) is 4.79 Å². The number of amides is 6. The van der Waals surface area contributed by atoms with Gasteiger partial charge in [-0.05, 0) is 38.1 Å². The number of urea groups is 1. The Kier molecular flexibility index (Phi) is 14.1.